The minimum absolute atomic E-state index is 0.00833. The first kappa shape index (κ1) is 47.8. The molecule has 0 aliphatic heterocycles. The summed E-state index contributed by atoms with van der Waals surface area (Å²) in [6, 6.07) is 0. The summed E-state index contributed by atoms with van der Waals surface area (Å²) < 4.78 is 32.5. The molecule has 0 saturated carbocycles. The lowest BCUT2D eigenvalue weighted by Gasteiger charge is -2.19. The van der Waals surface area contributed by atoms with Gasteiger partial charge in [-0.05, 0) is 84.0 Å². The number of allylic oxidation sites excluding steroid dienone is 10. The summed E-state index contributed by atoms with van der Waals surface area (Å²) in [7, 11) is -4.29. The first-order valence-corrected chi connectivity index (χ1v) is 21.1. The predicted molar refractivity (Wildman–Crippen MR) is 207 cm³/mol. The summed E-state index contributed by atoms with van der Waals surface area (Å²) in [6.45, 7) is 5.28. The minimum atomic E-state index is -4.29. The quantitative estimate of drug-likeness (QED) is 0.0298. The smallest absolute Gasteiger partial charge is 0.462 e. The highest BCUT2D eigenvalue weighted by Gasteiger charge is 2.25. The first-order valence-electron chi connectivity index (χ1n) is 19.6. The van der Waals surface area contributed by atoms with Crippen LogP contribution >= 0.6 is 7.82 Å². The summed E-state index contributed by atoms with van der Waals surface area (Å²) in [4.78, 5) is 34.6. The van der Waals surface area contributed by atoms with E-state index in [2.05, 4.69) is 74.6 Å². The second-order valence-corrected chi connectivity index (χ2v) is 14.0. The molecule has 0 fully saturated rings. The van der Waals surface area contributed by atoms with Crippen LogP contribution in [0.2, 0.25) is 0 Å². The maximum Gasteiger partial charge on any atom is 0.472 e. The number of phosphoric acid groups is 1. The number of carbonyl (C=O) groups excluding carboxylic acids is 2. The topological polar surface area (TPSA) is 108 Å². The third-order valence-electron chi connectivity index (χ3n) is 7.81. The number of ether oxygens (including phenoxy) is 2. The minimum Gasteiger partial charge on any atom is -0.462 e. The van der Waals surface area contributed by atoms with Gasteiger partial charge in [-0.1, -0.05) is 126 Å². The van der Waals surface area contributed by atoms with Gasteiger partial charge in [0.2, 0.25) is 0 Å². The Kier molecular flexibility index (Phi) is 34.9. The predicted octanol–water partition coefficient (Wildman–Crippen LogP) is 12.0. The van der Waals surface area contributed by atoms with E-state index >= 15 is 0 Å². The van der Waals surface area contributed by atoms with Gasteiger partial charge in [0, 0.05) is 12.8 Å². The Morgan fingerprint density at radius 1 is 0.560 bits per heavy atom. The molecular weight excluding hydrogens is 651 g/mol. The molecule has 1 N–H and O–H groups in total. The zero-order chi connectivity index (χ0) is 36.8. The van der Waals surface area contributed by atoms with Crippen LogP contribution in [0.1, 0.15) is 162 Å². The number of carbonyl (C=O) groups is 2. The Morgan fingerprint density at radius 3 is 1.54 bits per heavy atom. The normalized spacial score (nSPS) is 14.1. The van der Waals surface area contributed by atoms with Gasteiger partial charge in [-0.2, -0.15) is 0 Å². The Balaban J connectivity index is 4.20. The van der Waals surface area contributed by atoms with Crippen LogP contribution in [0.4, 0.5) is 0 Å². The molecule has 0 aromatic rings. The zero-order valence-corrected chi connectivity index (χ0v) is 32.7. The van der Waals surface area contributed by atoms with Gasteiger partial charge in [0.25, 0.3) is 0 Å². The average molecular weight is 723 g/mol. The van der Waals surface area contributed by atoms with Gasteiger partial charge < -0.3 is 14.4 Å². The van der Waals surface area contributed by atoms with Crippen molar-refractivity contribution in [3.8, 4) is 0 Å². The zero-order valence-electron chi connectivity index (χ0n) is 31.8. The number of phosphoric ester groups is 1. The van der Waals surface area contributed by atoms with E-state index in [1.807, 2.05) is 0 Å². The molecule has 0 aromatic heterocycles. The number of hydrogen-bond donors (Lipinski definition) is 1. The van der Waals surface area contributed by atoms with Crippen molar-refractivity contribution in [3.63, 3.8) is 0 Å². The van der Waals surface area contributed by atoms with E-state index in [0.29, 0.717) is 6.42 Å². The van der Waals surface area contributed by atoms with Crippen molar-refractivity contribution in [2.24, 2.45) is 0 Å². The van der Waals surface area contributed by atoms with Crippen LogP contribution in [0.15, 0.2) is 60.8 Å². The number of rotatable bonds is 35. The molecule has 0 spiro atoms. The highest BCUT2D eigenvalue weighted by Crippen LogP contribution is 2.43. The van der Waals surface area contributed by atoms with Gasteiger partial charge in [0.1, 0.15) is 6.61 Å². The van der Waals surface area contributed by atoms with Crippen LogP contribution in [0.25, 0.3) is 0 Å². The molecule has 8 nitrogen and oxygen atoms in total. The summed E-state index contributed by atoms with van der Waals surface area (Å²) in [6.07, 6.45) is 42.7. The summed E-state index contributed by atoms with van der Waals surface area (Å²) in [5, 5.41) is 0. The fourth-order valence-electron chi connectivity index (χ4n) is 4.97. The Morgan fingerprint density at radius 2 is 1.02 bits per heavy atom. The largest absolute Gasteiger partial charge is 0.472 e. The van der Waals surface area contributed by atoms with Gasteiger partial charge >= 0.3 is 19.8 Å². The molecule has 2 unspecified atom stereocenters. The summed E-state index contributed by atoms with van der Waals surface area (Å²) in [5.41, 5.74) is 0. The van der Waals surface area contributed by atoms with Crippen molar-refractivity contribution in [3.05, 3.63) is 60.8 Å². The first-order chi connectivity index (χ1) is 24.3. The lowest BCUT2D eigenvalue weighted by molar-refractivity contribution is -0.161. The molecule has 9 heteroatoms. The maximum atomic E-state index is 12.5. The molecule has 0 amide bonds. The summed E-state index contributed by atoms with van der Waals surface area (Å²) >= 11 is 0. The number of esters is 2. The number of hydrogen-bond acceptors (Lipinski definition) is 7. The van der Waals surface area contributed by atoms with Crippen molar-refractivity contribution in [2.75, 3.05) is 19.8 Å². The maximum absolute atomic E-state index is 12.5. The summed E-state index contributed by atoms with van der Waals surface area (Å²) in [5.74, 6) is -0.839. The Labute approximate surface area is 305 Å². The molecule has 50 heavy (non-hydrogen) atoms. The van der Waals surface area contributed by atoms with Gasteiger partial charge in [0.15, 0.2) is 6.10 Å². The second kappa shape index (κ2) is 36.5. The fraction of sp³-hybridized carbons (Fsp3) is 0.707. The highest BCUT2D eigenvalue weighted by molar-refractivity contribution is 7.47. The van der Waals surface area contributed by atoms with E-state index in [9.17, 15) is 19.0 Å². The van der Waals surface area contributed by atoms with E-state index in [0.717, 1.165) is 96.3 Å². The molecule has 0 aliphatic rings. The molecule has 0 aromatic carbocycles. The monoisotopic (exact) mass is 722 g/mol. The van der Waals surface area contributed by atoms with Crippen molar-refractivity contribution < 1.29 is 37.6 Å². The van der Waals surface area contributed by atoms with Gasteiger partial charge in [0.05, 0.1) is 13.2 Å². The van der Waals surface area contributed by atoms with Crippen molar-refractivity contribution in [2.45, 2.75) is 168 Å². The standard InChI is InChI=1S/C41H71O8P/c1-4-7-9-11-13-15-17-19-21-23-25-27-29-31-33-35-40(42)46-37-39(38-48-50(44,45)47-6-3)49-41(43)36-34-32-30-28-26-24-22-20-18-16-14-12-10-8-5-2/h8,10,13-16,19-22,39H,4-7,9,11-12,17-18,23-38H2,1-3H3,(H,44,45)/b10-8-,15-13-,16-14-,21-19-,22-20-. The lowest BCUT2D eigenvalue weighted by Crippen LogP contribution is -2.29. The van der Waals surface area contributed by atoms with Crippen molar-refractivity contribution in [1.29, 1.82) is 0 Å². The number of unbranched alkanes of at least 4 members (excludes halogenated alkanes) is 13. The van der Waals surface area contributed by atoms with E-state index in [-0.39, 0.29) is 32.0 Å². The van der Waals surface area contributed by atoms with Gasteiger partial charge in [-0.15, -0.1) is 0 Å². The molecule has 0 bridgehead atoms. The van der Waals surface area contributed by atoms with E-state index in [1.165, 1.54) is 25.7 Å². The third kappa shape index (κ3) is 35.6. The van der Waals surface area contributed by atoms with Gasteiger partial charge in [-0.3, -0.25) is 18.6 Å². The highest BCUT2D eigenvalue weighted by atomic mass is 31.2. The fourth-order valence-corrected chi connectivity index (χ4v) is 5.72. The van der Waals surface area contributed by atoms with Crippen LogP contribution < -0.4 is 0 Å². The lowest BCUT2D eigenvalue weighted by atomic mass is 10.1. The third-order valence-corrected chi connectivity index (χ3v) is 8.87. The molecular formula is C41H71O8P. The van der Waals surface area contributed by atoms with E-state index in [1.54, 1.807) is 6.92 Å². The Hall–Kier alpha value is -2.25. The molecule has 2 atom stereocenters. The molecule has 0 heterocycles. The molecule has 0 aliphatic carbocycles. The molecule has 0 saturated heterocycles. The second-order valence-electron chi connectivity index (χ2n) is 12.6. The van der Waals surface area contributed by atoms with E-state index < -0.39 is 26.5 Å². The van der Waals surface area contributed by atoms with Crippen LogP contribution in [-0.4, -0.2) is 42.8 Å². The van der Waals surface area contributed by atoms with Crippen LogP contribution in [0.3, 0.4) is 0 Å². The van der Waals surface area contributed by atoms with E-state index in [4.69, 9.17) is 18.5 Å². The van der Waals surface area contributed by atoms with Crippen molar-refractivity contribution in [1.82, 2.24) is 0 Å². The molecule has 288 valence electrons. The van der Waals surface area contributed by atoms with Gasteiger partial charge in [-0.25, -0.2) is 4.57 Å². The van der Waals surface area contributed by atoms with Crippen LogP contribution in [0, 0.1) is 0 Å². The van der Waals surface area contributed by atoms with Crippen molar-refractivity contribution >= 4 is 19.8 Å². The van der Waals surface area contributed by atoms with Crippen LogP contribution in [0.5, 0.6) is 0 Å². The molecule has 0 rings (SSSR count). The molecule has 0 radical (unpaired) electrons. The van der Waals surface area contributed by atoms with Crippen LogP contribution in [-0.2, 0) is 32.7 Å². The SMILES string of the molecule is CC/C=C\C/C=C\C/C=C\CCCCCCCC(=O)OC(COC(=O)CCCCCCC/C=C\C/C=C\CCCCC)COP(=O)(O)OCC. The average Bonchev–Trinajstić information content (AvgIpc) is 3.09. The Bertz CT molecular complexity index is 1000.